The van der Waals surface area contributed by atoms with Gasteiger partial charge in [-0.25, -0.2) is 0 Å². The summed E-state index contributed by atoms with van der Waals surface area (Å²) >= 11 is 0. The third kappa shape index (κ3) is 10.2. The van der Waals surface area contributed by atoms with Crippen LogP contribution in [-0.4, -0.2) is 54.2 Å². The molecule has 0 aromatic heterocycles. The first-order valence-corrected chi connectivity index (χ1v) is 11.2. The van der Waals surface area contributed by atoms with Gasteiger partial charge in [-0.05, 0) is 39.0 Å². The third-order valence-electron chi connectivity index (χ3n) is 5.64. The summed E-state index contributed by atoms with van der Waals surface area (Å²) in [5.41, 5.74) is 0. The lowest BCUT2D eigenvalue weighted by Gasteiger charge is -2.32. The zero-order valence-electron chi connectivity index (χ0n) is 18.4. The van der Waals surface area contributed by atoms with Gasteiger partial charge in [0.1, 0.15) is 5.78 Å². The Morgan fingerprint density at radius 3 is 2.18 bits per heavy atom. The van der Waals surface area contributed by atoms with Crippen molar-refractivity contribution < 1.29 is 17.2 Å². The molecule has 0 aliphatic carbocycles. The van der Waals surface area contributed by atoms with E-state index in [1.54, 1.807) is 0 Å². The second-order valence-electron chi connectivity index (χ2n) is 8.45. The highest BCUT2D eigenvalue weighted by Gasteiger charge is 2.23. The summed E-state index contributed by atoms with van der Waals surface area (Å²) in [5, 5.41) is 6.28. The van der Waals surface area contributed by atoms with E-state index in [2.05, 4.69) is 24.5 Å². The molecule has 0 aromatic rings. The maximum atomic E-state index is 12.3. The Hall–Kier alpha value is -1.43. The molecule has 1 aliphatic heterocycles. The fraction of sp³-hybridized carbons (Fsp3) is 0.864. The van der Waals surface area contributed by atoms with Crippen LogP contribution < -0.4 is 10.6 Å². The molecule has 1 rings (SSSR count). The zero-order chi connectivity index (χ0) is 20.9. The average molecular weight is 400 g/mol. The lowest BCUT2D eigenvalue weighted by molar-refractivity contribution is -0.132. The van der Waals surface area contributed by atoms with Crippen LogP contribution in [0.3, 0.4) is 0 Å². The van der Waals surface area contributed by atoms with Crippen LogP contribution >= 0.6 is 0 Å². The zero-order valence-corrected chi connectivity index (χ0v) is 18.4. The molecular formula is C22H45N3O3. The van der Waals surface area contributed by atoms with Crippen molar-refractivity contribution in [2.75, 3.05) is 19.6 Å². The van der Waals surface area contributed by atoms with Crippen LogP contribution in [0.5, 0.6) is 0 Å². The monoisotopic (exact) mass is 399 g/mol. The van der Waals surface area contributed by atoms with Gasteiger partial charge in [0.25, 0.3) is 0 Å². The second-order valence-corrected chi connectivity index (χ2v) is 8.45. The summed E-state index contributed by atoms with van der Waals surface area (Å²) in [5.74, 6) is 0.731. The highest BCUT2D eigenvalue weighted by atomic mass is 16.2. The Labute approximate surface area is 174 Å². The average Bonchev–Trinajstić information content (AvgIpc) is 2.68. The van der Waals surface area contributed by atoms with Gasteiger partial charge in [0, 0.05) is 46.8 Å². The molecule has 6 nitrogen and oxygen atoms in total. The molecule has 6 heteroatoms. The first-order valence-electron chi connectivity index (χ1n) is 11.2. The fourth-order valence-electron chi connectivity index (χ4n) is 3.34. The van der Waals surface area contributed by atoms with Crippen LogP contribution in [0.4, 0.5) is 0 Å². The molecule has 28 heavy (non-hydrogen) atoms. The summed E-state index contributed by atoms with van der Waals surface area (Å²) < 4.78 is 0. The lowest BCUT2D eigenvalue weighted by atomic mass is 10.0. The van der Waals surface area contributed by atoms with Crippen molar-refractivity contribution in [2.45, 2.75) is 97.6 Å². The van der Waals surface area contributed by atoms with Crippen LogP contribution in [-0.2, 0) is 14.4 Å². The molecule has 1 unspecified atom stereocenters. The molecule has 1 heterocycles. The molecule has 0 aromatic carbocycles. The van der Waals surface area contributed by atoms with E-state index >= 15 is 0 Å². The molecule has 2 N–H and O–H groups in total. The van der Waals surface area contributed by atoms with E-state index in [9.17, 15) is 14.4 Å². The van der Waals surface area contributed by atoms with Crippen molar-refractivity contribution in [3.05, 3.63) is 0 Å². The molecule has 166 valence electrons. The Morgan fingerprint density at radius 2 is 1.61 bits per heavy atom. The van der Waals surface area contributed by atoms with Gasteiger partial charge in [-0.1, -0.05) is 33.6 Å². The standard InChI is InChI=1S/C22H41N3O3.2H2/c1-5-18(4)23-16-21(27)24-19-12-14-25(15-13-19)22(28)11-9-7-6-8-10-20(26)17(2)3;;/h17-19,23H,5-16H2,1-4H3,(H,24,27);2*1H. The van der Waals surface area contributed by atoms with Crippen molar-refractivity contribution >= 4 is 17.6 Å². The molecule has 1 atom stereocenters. The van der Waals surface area contributed by atoms with Gasteiger partial charge in [0.15, 0.2) is 0 Å². The number of hydrogen-bond donors (Lipinski definition) is 2. The number of nitrogens with one attached hydrogen (secondary N) is 2. The number of Topliss-reactive ketones (excluding diaryl/α,β-unsaturated/α-hetero) is 1. The van der Waals surface area contributed by atoms with Crippen molar-refractivity contribution in [3.63, 3.8) is 0 Å². The summed E-state index contributed by atoms with van der Waals surface area (Å²) in [6.45, 7) is 9.87. The highest BCUT2D eigenvalue weighted by Crippen LogP contribution is 2.14. The smallest absolute Gasteiger partial charge is 0.234 e. The van der Waals surface area contributed by atoms with Crippen molar-refractivity contribution in [1.29, 1.82) is 0 Å². The highest BCUT2D eigenvalue weighted by molar-refractivity contribution is 5.80. The number of nitrogens with zero attached hydrogens (tertiary/aromatic N) is 1. The largest absolute Gasteiger partial charge is 0.352 e. The number of piperidine rings is 1. The summed E-state index contributed by atoms with van der Waals surface area (Å²) in [7, 11) is 0. The Balaban J connectivity index is 0. The van der Waals surface area contributed by atoms with Gasteiger partial charge in [0.2, 0.25) is 11.8 Å². The fourth-order valence-corrected chi connectivity index (χ4v) is 3.34. The maximum absolute atomic E-state index is 12.3. The van der Waals surface area contributed by atoms with Crippen LogP contribution in [0.15, 0.2) is 0 Å². The second kappa shape index (κ2) is 13.7. The number of ketones is 1. The Bertz CT molecular complexity index is 496. The molecule has 1 fully saturated rings. The SMILES string of the molecule is CCC(C)NCC(=O)NC1CCN(C(=O)CCCCCCC(=O)C(C)C)CC1.[HH].[HH]. The molecule has 0 spiro atoms. The van der Waals surface area contributed by atoms with Gasteiger partial charge in [0.05, 0.1) is 6.54 Å². The normalized spacial score (nSPS) is 16.2. The minimum Gasteiger partial charge on any atom is -0.352 e. The van der Waals surface area contributed by atoms with E-state index in [0.29, 0.717) is 31.2 Å². The third-order valence-corrected chi connectivity index (χ3v) is 5.64. The number of hydrogen-bond acceptors (Lipinski definition) is 4. The van der Waals surface area contributed by atoms with Gasteiger partial charge in [-0.15, -0.1) is 0 Å². The molecule has 0 saturated carbocycles. The molecule has 1 aliphatic rings. The minimum absolute atomic E-state index is 0. The Kier molecular flexibility index (Phi) is 12.0. The number of likely N-dealkylation sites (tertiary alicyclic amines) is 1. The van der Waals surface area contributed by atoms with Gasteiger partial charge >= 0.3 is 0 Å². The van der Waals surface area contributed by atoms with Gasteiger partial charge in [-0.2, -0.15) is 0 Å². The lowest BCUT2D eigenvalue weighted by Crippen LogP contribution is -2.48. The van der Waals surface area contributed by atoms with E-state index in [-0.39, 0.29) is 26.6 Å². The summed E-state index contributed by atoms with van der Waals surface area (Å²) in [6.07, 6.45) is 7.78. The topological polar surface area (TPSA) is 78.5 Å². The molecule has 2 amide bonds. The summed E-state index contributed by atoms with van der Waals surface area (Å²) in [4.78, 5) is 37.8. The minimum atomic E-state index is 0. The van der Waals surface area contributed by atoms with E-state index in [4.69, 9.17) is 0 Å². The molecular weight excluding hydrogens is 354 g/mol. The van der Waals surface area contributed by atoms with Crippen LogP contribution in [0.2, 0.25) is 0 Å². The van der Waals surface area contributed by atoms with E-state index < -0.39 is 0 Å². The van der Waals surface area contributed by atoms with E-state index in [0.717, 1.165) is 58.0 Å². The quantitative estimate of drug-likeness (QED) is 0.464. The van der Waals surface area contributed by atoms with Crippen LogP contribution in [0, 0.1) is 5.92 Å². The van der Waals surface area contributed by atoms with Crippen LogP contribution in [0.1, 0.15) is 88.3 Å². The maximum Gasteiger partial charge on any atom is 0.234 e. The van der Waals surface area contributed by atoms with Crippen molar-refractivity contribution in [1.82, 2.24) is 15.5 Å². The molecule has 1 saturated heterocycles. The van der Waals surface area contributed by atoms with Crippen molar-refractivity contribution in [2.24, 2.45) is 5.92 Å². The molecule has 0 radical (unpaired) electrons. The first-order chi connectivity index (χ1) is 13.3. The van der Waals surface area contributed by atoms with E-state index in [1.165, 1.54) is 0 Å². The number of unbranched alkanes of at least 4 members (excludes halogenated alkanes) is 3. The summed E-state index contributed by atoms with van der Waals surface area (Å²) in [6, 6.07) is 0.523. The molecule has 0 bridgehead atoms. The van der Waals surface area contributed by atoms with E-state index in [1.807, 2.05) is 18.7 Å². The number of amides is 2. The predicted octanol–water partition coefficient (Wildman–Crippen LogP) is 3.54. The first kappa shape index (κ1) is 24.6. The predicted molar refractivity (Wildman–Crippen MR) is 117 cm³/mol. The Morgan fingerprint density at radius 1 is 1.00 bits per heavy atom. The number of carbonyl (C=O) groups excluding carboxylic acids is 3. The van der Waals surface area contributed by atoms with Gasteiger partial charge < -0.3 is 15.5 Å². The van der Waals surface area contributed by atoms with Crippen LogP contribution in [0.25, 0.3) is 0 Å². The van der Waals surface area contributed by atoms with Gasteiger partial charge in [-0.3, -0.25) is 14.4 Å². The number of rotatable bonds is 13. The van der Waals surface area contributed by atoms with Crippen molar-refractivity contribution in [3.8, 4) is 0 Å². The number of carbonyl (C=O) groups is 3.